The number of nitriles is 1. The predicted molar refractivity (Wildman–Crippen MR) is 120 cm³/mol. The number of anilines is 2. The number of nitrogens with one attached hydrogen (secondary N) is 1. The van der Waals surface area contributed by atoms with Crippen LogP contribution < -0.4 is 11.1 Å². The van der Waals surface area contributed by atoms with Crippen LogP contribution in [0.25, 0.3) is 11.3 Å². The van der Waals surface area contributed by atoms with Crippen LogP contribution >= 0.6 is 0 Å². The molecule has 0 atom stereocenters. The van der Waals surface area contributed by atoms with Crippen molar-refractivity contribution in [2.75, 3.05) is 11.1 Å². The Bertz CT molecular complexity index is 1220. The second kappa shape index (κ2) is 9.21. The van der Waals surface area contributed by atoms with Crippen LogP contribution in [0.4, 0.5) is 24.9 Å². The van der Waals surface area contributed by atoms with Gasteiger partial charge < -0.3 is 10.3 Å². The van der Waals surface area contributed by atoms with Crippen LogP contribution in [0.15, 0.2) is 34.9 Å². The number of rotatable bonds is 7. The molecule has 0 saturated carbocycles. The highest BCUT2D eigenvalue weighted by Crippen LogP contribution is 2.40. The van der Waals surface area contributed by atoms with Gasteiger partial charge >= 0.3 is 6.18 Å². The average molecular weight is 474 g/mol. The van der Waals surface area contributed by atoms with Crippen molar-refractivity contribution in [3.05, 3.63) is 47.2 Å². The van der Waals surface area contributed by atoms with E-state index in [4.69, 9.17) is 10.3 Å². The van der Waals surface area contributed by atoms with E-state index in [-0.39, 0.29) is 36.0 Å². The number of halogens is 3. The molecular formula is C23H25F3N6O2. The molecule has 0 spiro atoms. The van der Waals surface area contributed by atoms with Crippen molar-refractivity contribution in [2.24, 2.45) is 5.41 Å². The van der Waals surface area contributed by atoms with E-state index in [0.717, 1.165) is 13.8 Å². The molecule has 0 aliphatic carbocycles. The van der Waals surface area contributed by atoms with Crippen LogP contribution in [-0.2, 0) is 17.6 Å². The minimum atomic E-state index is -4.39. The van der Waals surface area contributed by atoms with E-state index in [1.54, 1.807) is 28.9 Å². The van der Waals surface area contributed by atoms with Gasteiger partial charge in [-0.15, -0.1) is 0 Å². The van der Waals surface area contributed by atoms with Crippen LogP contribution in [-0.4, -0.2) is 27.0 Å². The number of aromatic nitrogens is 3. The maximum absolute atomic E-state index is 13.1. The van der Waals surface area contributed by atoms with Crippen molar-refractivity contribution >= 4 is 17.6 Å². The summed E-state index contributed by atoms with van der Waals surface area (Å²) < 4.78 is 45.7. The quantitative estimate of drug-likeness (QED) is 0.503. The Hall–Kier alpha value is -3.81. The fourth-order valence-electron chi connectivity index (χ4n) is 3.31. The van der Waals surface area contributed by atoms with Gasteiger partial charge in [0.2, 0.25) is 11.8 Å². The molecule has 1 amide bonds. The highest BCUT2D eigenvalue weighted by Gasteiger charge is 2.47. The summed E-state index contributed by atoms with van der Waals surface area (Å²) in [5.74, 6) is -0.152. The van der Waals surface area contributed by atoms with Gasteiger partial charge in [0.15, 0.2) is 0 Å². The first kappa shape index (κ1) is 24.8. The standard InChI is InChI=1S/C23H25F3N6O2/c1-13(2)32-21(28)17(12-27)20(30-32)15-7-5-14(6-8-15)9-18(33)29-19-10-16(31-34-19)11-22(3,4)23(24,25)26/h5-8,10,13H,9,11,28H2,1-4H3,(H,29,33). The molecule has 0 aliphatic rings. The van der Waals surface area contributed by atoms with Gasteiger partial charge in [0, 0.05) is 24.1 Å². The van der Waals surface area contributed by atoms with Gasteiger partial charge in [0.1, 0.15) is 23.1 Å². The molecule has 0 aliphatic heterocycles. The van der Waals surface area contributed by atoms with E-state index in [0.29, 0.717) is 22.6 Å². The number of carbonyl (C=O) groups excluding carboxylic acids is 1. The van der Waals surface area contributed by atoms with Crippen LogP contribution in [0.2, 0.25) is 0 Å². The molecular weight excluding hydrogens is 449 g/mol. The highest BCUT2D eigenvalue weighted by molar-refractivity contribution is 5.91. The maximum Gasteiger partial charge on any atom is 0.394 e. The fourth-order valence-corrected chi connectivity index (χ4v) is 3.31. The third-order valence-corrected chi connectivity index (χ3v) is 5.35. The number of carbonyl (C=O) groups is 1. The molecule has 0 bridgehead atoms. The Kier molecular flexibility index (Phi) is 6.72. The lowest BCUT2D eigenvalue weighted by Gasteiger charge is -2.26. The molecule has 0 unspecified atom stereocenters. The molecule has 0 radical (unpaired) electrons. The Balaban J connectivity index is 1.66. The zero-order valence-electron chi connectivity index (χ0n) is 19.2. The largest absolute Gasteiger partial charge is 0.394 e. The third kappa shape index (κ3) is 5.22. The monoisotopic (exact) mass is 474 g/mol. The van der Waals surface area contributed by atoms with Gasteiger partial charge in [-0.25, -0.2) is 4.68 Å². The number of benzene rings is 1. The lowest BCUT2D eigenvalue weighted by Crippen LogP contribution is -2.34. The topological polar surface area (TPSA) is 123 Å². The zero-order chi connectivity index (χ0) is 25.3. The van der Waals surface area contributed by atoms with Crippen LogP contribution in [0.1, 0.15) is 50.6 Å². The first-order valence-electron chi connectivity index (χ1n) is 10.5. The van der Waals surface area contributed by atoms with Crippen molar-refractivity contribution in [1.29, 1.82) is 5.26 Å². The van der Waals surface area contributed by atoms with Gasteiger partial charge in [-0.2, -0.15) is 23.5 Å². The van der Waals surface area contributed by atoms with E-state index in [9.17, 15) is 23.2 Å². The van der Waals surface area contributed by atoms with Gasteiger partial charge in [-0.05, 0) is 19.4 Å². The molecule has 0 saturated heterocycles. The first-order valence-corrected chi connectivity index (χ1v) is 10.5. The van der Waals surface area contributed by atoms with Crippen molar-refractivity contribution in [3.63, 3.8) is 0 Å². The minimum Gasteiger partial charge on any atom is -0.383 e. The summed E-state index contributed by atoms with van der Waals surface area (Å²) in [7, 11) is 0. The Labute approximate surface area is 194 Å². The van der Waals surface area contributed by atoms with Crippen LogP contribution in [0.5, 0.6) is 0 Å². The van der Waals surface area contributed by atoms with E-state index < -0.39 is 17.5 Å². The van der Waals surface area contributed by atoms with E-state index >= 15 is 0 Å². The summed E-state index contributed by atoms with van der Waals surface area (Å²) in [5, 5.41) is 20.0. The molecule has 2 heterocycles. The highest BCUT2D eigenvalue weighted by atomic mass is 19.4. The molecule has 0 fully saturated rings. The number of nitrogens with zero attached hydrogens (tertiary/aromatic N) is 4. The van der Waals surface area contributed by atoms with E-state index in [1.165, 1.54) is 6.07 Å². The Morgan fingerprint density at radius 1 is 1.26 bits per heavy atom. The Morgan fingerprint density at radius 3 is 2.47 bits per heavy atom. The zero-order valence-corrected chi connectivity index (χ0v) is 19.2. The second-order valence-electron chi connectivity index (χ2n) is 8.92. The smallest absolute Gasteiger partial charge is 0.383 e. The minimum absolute atomic E-state index is 0.00195. The van der Waals surface area contributed by atoms with Crippen molar-refractivity contribution in [2.45, 2.75) is 52.8 Å². The Morgan fingerprint density at radius 2 is 1.91 bits per heavy atom. The summed E-state index contributed by atoms with van der Waals surface area (Å²) in [6, 6.07) is 10.3. The van der Waals surface area contributed by atoms with Gasteiger partial charge in [0.05, 0.1) is 17.5 Å². The number of nitrogen functional groups attached to an aromatic ring is 1. The van der Waals surface area contributed by atoms with Crippen LogP contribution in [0.3, 0.4) is 0 Å². The van der Waals surface area contributed by atoms with Crippen LogP contribution in [0, 0.1) is 16.7 Å². The van der Waals surface area contributed by atoms with Gasteiger partial charge in [-0.3, -0.25) is 10.1 Å². The maximum atomic E-state index is 13.1. The SMILES string of the molecule is CC(C)n1nc(-c2ccc(CC(=O)Nc3cc(CC(C)(C)C(F)(F)F)no3)cc2)c(C#N)c1N. The third-order valence-electron chi connectivity index (χ3n) is 5.35. The summed E-state index contributed by atoms with van der Waals surface area (Å²) >= 11 is 0. The number of amides is 1. The molecule has 2 aromatic heterocycles. The van der Waals surface area contributed by atoms with E-state index in [2.05, 4.69) is 21.6 Å². The molecule has 8 nitrogen and oxygen atoms in total. The summed E-state index contributed by atoms with van der Waals surface area (Å²) in [4.78, 5) is 12.4. The lowest BCUT2D eigenvalue weighted by atomic mass is 9.87. The fraction of sp³-hybridized carbons (Fsp3) is 0.391. The van der Waals surface area contributed by atoms with Crippen molar-refractivity contribution in [1.82, 2.24) is 14.9 Å². The summed E-state index contributed by atoms with van der Waals surface area (Å²) in [6.07, 6.45) is -4.77. The lowest BCUT2D eigenvalue weighted by molar-refractivity contribution is -0.211. The number of alkyl halides is 3. The van der Waals surface area contributed by atoms with Crippen molar-refractivity contribution < 1.29 is 22.5 Å². The molecule has 1 aromatic carbocycles. The first-order chi connectivity index (χ1) is 15.8. The molecule has 34 heavy (non-hydrogen) atoms. The molecule has 3 aromatic rings. The average Bonchev–Trinajstić information content (AvgIpc) is 3.30. The normalized spacial score (nSPS) is 12.1. The number of nitrogens with two attached hydrogens (primary N) is 1. The molecule has 3 N–H and O–H groups in total. The number of hydrogen-bond donors (Lipinski definition) is 2. The molecule has 11 heteroatoms. The van der Waals surface area contributed by atoms with Gasteiger partial charge in [0.25, 0.3) is 0 Å². The van der Waals surface area contributed by atoms with Crippen molar-refractivity contribution in [3.8, 4) is 17.3 Å². The second-order valence-corrected chi connectivity index (χ2v) is 8.92. The summed E-state index contributed by atoms with van der Waals surface area (Å²) in [6.45, 7) is 5.96. The van der Waals surface area contributed by atoms with Gasteiger partial charge in [-0.1, -0.05) is 43.3 Å². The number of hydrogen-bond acceptors (Lipinski definition) is 6. The van der Waals surface area contributed by atoms with E-state index in [1.807, 2.05) is 13.8 Å². The molecule has 3 rings (SSSR count). The molecule has 180 valence electrons. The predicted octanol–water partition coefficient (Wildman–Crippen LogP) is 4.89. The summed E-state index contributed by atoms with van der Waals surface area (Å²) in [5.41, 5.74) is 6.25.